The molecular formula is C10H14FN3. The van der Waals surface area contributed by atoms with Gasteiger partial charge in [-0.25, -0.2) is 9.37 Å². The van der Waals surface area contributed by atoms with Gasteiger partial charge in [0, 0.05) is 31.4 Å². The maximum atomic E-state index is 13.7. The van der Waals surface area contributed by atoms with E-state index in [0.29, 0.717) is 17.4 Å². The Hall–Kier alpha value is -1.16. The fourth-order valence-corrected chi connectivity index (χ4v) is 1.51. The Morgan fingerprint density at radius 2 is 2.36 bits per heavy atom. The molecule has 1 aromatic rings. The highest BCUT2D eigenvalue weighted by Crippen LogP contribution is 2.30. The van der Waals surface area contributed by atoms with E-state index >= 15 is 0 Å². The lowest BCUT2D eigenvalue weighted by Crippen LogP contribution is -2.22. The van der Waals surface area contributed by atoms with E-state index in [1.54, 1.807) is 12.3 Å². The van der Waals surface area contributed by atoms with Crippen LogP contribution in [0.5, 0.6) is 0 Å². The summed E-state index contributed by atoms with van der Waals surface area (Å²) in [5.74, 6) is 0.153. The minimum absolute atomic E-state index is 0.222. The number of hydrogen-bond donors (Lipinski definition) is 1. The fraction of sp³-hybridized carbons (Fsp3) is 0.500. The van der Waals surface area contributed by atoms with Crippen LogP contribution < -0.4 is 10.6 Å². The second-order valence-electron chi connectivity index (χ2n) is 3.65. The molecule has 76 valence electrons. The summed E-state index contributed by atoms with van der Waals surface area (Å²) in [4.78, 5) is 5.94. The van der Waals surface area contributed by atoms with Crippen LogP contribution in [-0.4, -0.2) is 18.1 Å². The molecule has 0 atom stereocenters. The molecule has 4 heteroatoms. The first kappa shape index (κ1) is 9.40. The van der Waals surface area contributed by atoms with Crippen LogP contribution in [-0.2, 0) is 6.54 Å². The number of rotatable bonds is 3. The van der Waals surface area contributed by atoms with Crippen molar-refractivity contribution in [2.75, 3.05) is 11.9 Å². The maximum Gasteiger partial charge on any atom is 0.170 e. The third-order valence-corrected chi connectivity index (χ3v) is 2.60. The van der Waals surface area contributed by atoms with E-state index in [9.17, 15) is 4.39 Å². The molecule has 14 heavy (non-hydrogen) atoms. The zero-order valence-electron chi connectivity index (χ0n) is 8.20. The Balaban J connectivity index is 2.31. The monoisotopic (exact) mass is 195 g/mol. The van der Waals surface area contributed by atoms with Gasteiger partial charge < -0.3 is 10.6 Å². The van der Waals surface area contributed by atoms with Crippen molar-refractivity contribution in [2.24, 2.45) is 5.73 Å². The number of nitrogens with zero attached hydrogens (tertiary/aromatic N) is 2. The van der Waals surface area contributed by atoms with Gasteiger partial charge >= 0.3 is 0 Å². The third-order valence-electron chi connectivity index (χ3n) is 2.60. The fourth-order valence-electron chi connectivity index (χ4n) is 1.51. The first-order chi connectivity index (χ1) is 6.74. The number of anilines is 1. The highest BCUT2D eigenvalue weighted by molar-refractivity contribution is 5.44. The summed E-state index contributed by atoms with van der Waals surface area (Å²) in [6, 6.07) is 2.09. The smallest absolute Gasteiger partial charge is 0.170 e. The molecule has 0 unspecified atom stereocenters. The summed E-state index contributed by atoms with van der Waals surface area (Å²) in [5.41, 5.74) is 5.96. The number of hydrogen-bond acceptors (Lipinski definition) is 3. The lowest BCUT2D eigenvalue weighted by Gasteiger charge is -2.18. The second-order valence-corrected chi connectivity index (χ2v) is 3.65. The van der Waals surface area contributed by atoms with E-state index < -0.39 is 0 Å². The van der Waals surface area contributed by atoms with Gasteiger partial charge in [-0.2, -0.15) is 0 Å². The van der Waals surface area contributed by atoms with Crippen LogP contribution in [0.25, 0.3) is 0 Å². The van der Waals surface area contributed by atoms with Crippen molar-refractivity contribution < 1.29 is 4.39 Å². The molecule has 1 saturated carbocycles. The van der Waals surface area contributed by atoms with Crippen LogP contribution in [0.15, 0.2) is 12.3 Å². The summed E-state index contributed by atoms with van der Waals surface area (Å²) < 4.78 is 13.7. The molecule has 2 rings (SSSR count). The van der Waals surface area contributed by atoms with Gasteiger partial charge in [0.25, 0.3) is 0 Å². The number of pyridine rings is 1. The topological polar surface area (TPSA) is 42.2 Å². The van der Waals surface area contributed by atoms with E-state index in [1.807, 2.05) is 11.9 Å². The Kier molecular flexibility index (Phi) is 2.37. The van der Waals surface area contributed by atoms with Crippen molar-refractivity contribution in [1.29, 1.82) is 0 Å². The van der Waals surface area contributed by atoms with Crippen molar-refractivity contribution in [2.45, 2.75) is 25.4 Å². The van der Waals surface area contributed by atoms with Gasteiger partial charge in [-0.05, 0) is 18.9 Å². The molecular weight excluding hydrogens is 181 g/mol. The molecule has 1 heterocycles. The van der Waals surface area contributed by atoms with Gasteiger partial charge in [-0.15, -0.1) is 0 Å². The van der Waals surface area contributed by atoms with Gasteiger partial charge in [0.15, 0.2) is 11.6 Å². The summed E-state index contributed by atoms with van der Waals surface area (Å²) in [5, 5.41) is 0. The third kappa shape index (κ3) is 1.57. The van der Waals surface area contributed by atoms with Gasteiger partial charge in [0.2, 0.25) is 0 Å². The molecule has 1 aliphatic carbocycles. The molecule has 1 aliphatic rings. The Bertz CT molecular complexity index is 336. The normalized spacial score (nSPS) is 15.6. The lowest BCUT2D eigenvalue weighted by atomic mass is 10.2. The SMILES string of the molecule is CN(c1nccc(CN)c1F)C1CC1. The summed E-state index contributed by atoms with van der Waals surface area (Å²) >= 11 is 0. The van der Waals surface area contributed by atoms with E-state index in [4.69, 9.17) is 5.73 Å². The predicted molar refractivity (Wildman–Crippen MR) is 53.5 cm³/mol. The zero-order chi connectivity index (χ0) is 10.1. The summed E-state index contributed by atoms with van der Waals surface area (Å²) in [6.45, 7) is 0.222. The van der Waals surface area contributed by atoms with Crippen LogP contribution in [0.1, 0.15) is 18.4 Å². The minimum atomic E-state index is -0.274. The first-order valence-corrected chi connectivity index (χ1v) is 4.80. The van der Waals surface area contributed by atoms with Gasteiger partial charge in [-0.1, -0.05) is 0 Å². The second kappa shape index (κ2) is 3.53. The molecule has 0 bridgehead atoms. The van der Waals surface area contributed by atoms with Crippen molar-refractivity contribution in [3.05, 3.63) is 23.6 Å². The predicted octanol–water partition coefficient (Wildman–Crippen LogP) is 1.28. The average Bonchev–Trinajstić information content (AvgIpc) is 3.00. The quantitative estimate of drug-likeness (QED) is 0.790. The molecule has 0 spiro atoms. The molecule has 0 aromatic carbocycles. The zero-order valence-corrected chi connectivity index (χ0v) is 8.20. The highest BCUT2D eigenvalue weighted by Gasteiger charge is 2.29. The van der Waals surface area contributed by atoms with Crippen LogP contribution >= 0.6 is 0 Å². The van der Waals surface area contributed by atoms with Gasteiger partial charge in [-0.3, -0.25) is 0 Å². The Labute approximate surface area is 82.7 Å². The Morgan fingerprint density at radius 3 is 2.93 bits per heavy atom. The van der Waals surface area contributed by atoms with Gasteiger partial charge in [0.05, 0.1) is 0 Å². The molecule has 2 N–H and O–H groups in total. The average molecular weight is 195 g/mol. The molecule has 0 amide bonds. The number of aromatic nitrogens is 1. The van der Waals surface area contributed by atoms with Gasteiger partial charge in [0.1, 0.15) is 0 Å². The van der Waals surface area contributed by atoms with E-state index in [1.165, 1.54) is 0 Å². The highest BCUT2D eigenvalue weighted by atomic mass is 19.1. The van der Waals surface area contributed by atoms with Crippen LogP contribution in [0, 0.1) is 5.82 Å². The summed E-state index contributed by atoms with van der Waals surface area (Å²) in [7, 11) is 1.88. The van der Waals surface area contributed by atoms with Crippen molar-refractivity contribution in [3.63, 3.8) is 0 Å². The lowest BCUT2D eigenvalue weighted by molar-refractivity contribution is 0.598. The summed E-state index contributed by atoms with van der Waals surface area (Å²) in [6.07, 6.45) is 3.87. The molecule has 1 aromatic heterocycles. The Morgan fingerprint density at radius 1 is 1.64 bits per heavy atom. The molecule has 0 radical (unpaired) electrons. The largest absolute Gasteiger partial charge is 0.354 e. The van der Waals surface area contributed by atoms with Crippen molar-refractivity contribution in [3.8, 4) is 0 Å². The number of halogens is 1. The molecule has 1 fully saturated rings. The molecule has 0 aliphatic heterocycles. The molecule has 0 saturated heterocycles. The van der Waals surface area contributed by atoms with Crippen LogP contribution in [0.2, 0.25) is 0 Å². The first-order valence-electron chi connectivity index (χ1n) is 4.80. The van der Waals surface area contributed by atoms with Crippen LogP contribution in [0.4, 0.5) is 10.2 Å². The minimum Gasteiger partial charge on any atom is -0.354 e. The van der Waals surface area contributed by atoms with E-state index in [2.05, 4.69) is 4.98 Å². The van der Waals surface area contributed by atoms with E-state index in [-0.39, 0.29) is 12.4 Å². The van der Waals surface area contributed by atoms with Crippen molar-refractivity contribution in [1.82, 2.24) is 4.98 Å². The standard InChI is InChI=1S/C10H14FN3/c1-14(8-2-3-8)10-9(11)7(6-12)4-5-13-10/h4-5,8H,2-3,6,12H2,1H3. The van der Waals surface area contributed by atoms with E-state index in [0.717, 1.165) is 12.8 Å². The van der Waals surface area contributed by atoms with Crippen molar-refractivity contribution >= 4 is 5.82 Å². The number of nitrogens with two attached hydrogens (primary N) is 1. The van der Waals surface area contributed by atoms with Crippen LogP contribution in [0.3, 0.4) is 0 Å². The molecule has 3 nitrogen and oxygen atoms in total. The maximum absolute atomic E-state index is 13.7.